The predicted octanol–water partition coefficient (Wildman–Crippen LogP) is 4.32. The van der Waals surface area contributed by atoms with Crippen LogP contribution in [0.4, 0.5) is 0 Å². The van der Waals surface area contributed by atoms with Crippen LogP contribution in [0.25, 0.3) is 28.7 Å². The van der Waals surface area contributed by atoms with E-state index in [1.807, 2.05) is 72.3 Å². The summed E-state index contributed by atoms with van der Waals surface area (Å²) >= 11 is 1.49. The largest absolute Gasteiger partial charge is 0.268 e. The number of benzene rings is 1. The summed E-state index contributed by atoms with van der Waals surface area (Å²) in [6.07, 6.45) is 5.45. The van der Waals surface area contributed by atoms with Gasteiger partial charge in [-0.25, -0.2) is 4.98 Å². The van der Waals surface area contributed by atoms with Gasteiger partial charge < -0.3 is 0 Å². The van der Waals surface area contributed by atoms with E-state index in [1.165, 1.54) is 11.3 Å². The Bertz CT molecular complexity index is 1130. The number of aryl methyl sites for hydroxylation is 1. The summed E-state index contributed by atoms with van der Waals surface area (Å²) < 4.78 is 1.67. The van der Waals surface area contributed by atoms with Gasteiger partial charge in [0.25, 0.3) is 5.56 Å². The molecule has 4 nitrogen and oxygen atoms in total. The predicted molar refractivity (Wildman–Crippen MR) is 103 cm³/mol. The maximum absolute atomic E-state index is 13.1. The Balaban J connectivity index is 1.96. The highest BCUT2D eigenvalue weighted by Crippen LogP contribution is 2.19. The van der Waals surface area contributed by atoms with Crippen molar-refractivity contribution in [3.63, 3.8) is 0 Å². The molecule has 0 atom stereocenters. The van der Waals surface area contributed by atoms with Gasteiger partial charge in [0.1, 0.15) is 5.82 Å². The smallest absolute Gasteiger partial charge is 0.267 e. The summed E-state index contributed by atoms with van der Waals surface area (Å²) in [4.78, 5) is 22.0. The summed E-state index contributed by atoms with van der Waals surface area (Å²) in [5, 5.41) is 4.39. The number of hydrogen-bond donors (Lipinski definition) is 0. The number of pyridine rings is 1. The average Bonchev–Trinajstić information content (AvgIpc) is 3.11. The highest BCUT2D eigenvalue weighted by molar-refractivity contribution is 7.09. The van der Waals surface area contributed by atoms with Gasteiger partial charge in [-0.3, -0.25) is 14.3 Å². The Kier molecular flexibility index (Phi) is 3.99. The van der Waals surface area contributed by atoms with Crippen LogP contribution in [0.15, 0.2) is 64.2 Å². The topological polar surface area (TPSA) is 47.8 Å². The standard InChI is InChI=1S/C20H15N3OS/c1-14-6-2-3-8-18(14)23-19(10-9-15-7-4-5-11-21-15)22-17-13-25-12-16(17)20(23)24/h2-13H,1H3. The molecule has 1 aromatic carbocycles. The second-order valence-corrected chi connectivity index (χ2v) is 6.40. The molecule has 0 amide bonds. The Labute approximate surface area is 148 Å². The lowest BCUT2D eigenvalue weighted by Crippen LogP contribution is -2.22. The maximum atomic E-state index is 13.1. The highest BCUT2D eigenvalue weighted by atomic mass is 32.1. The van der Waals surface area contributed by atoms with Crippen molar-refractivity contribution in [1.29, 1.82) is 0 Å². The lowest BCUT2D eigenvalue weighted by Gasteiger charge is -2.12. The normalized spacial score (nSPS) is 11.4. The Hall–Kier alpha value is -3.05. The van der Waals surface area contributed by atoms with Crippen molar-refractivity contribution < 1.29 is 0 Å². The Morgan fingerprint density at radius 1 is 1.04 bits per heavy atom. The minimum absolute atomic E-state index is 0.0544. The molecule has 0 saturated carbocycles. The van der Waals surface area contributed by atoms with Gasteiger partial charge in [0.15, 0.2) is 0 Å². The summed E-state index contributed by atoms with van der Waals surface area (Å²) in [6.45, 7) is 1.99. The van der Waals surface area contributed by atoms with Crippen LogP contribution in [0, 0.1) is 6.92 Å². The molecule has 4 aromatic rings. The van der Waals surface area contributed by atoms with Gasteiger partial charge in [0, 0.05) is 17.0 Å². The molecule has 0 spiro atoms. The van der Waals surface area contributed by atoms with Crippen molar-refractivity contribution in [3.05, 3.63) is 86.9 Å². The zero-order valence-electron chi connectivity index (χ0n) is 13.6. The van der Waals surface area contributed by atoms with E-state index in [0.29, 0.717) is 11.2 Å². The monoisotopic (exact) mass is 345 g/mol. The van der Waals surface area contributed by atoms with Crippen LogP contribution in [0.3, 0.4) is 0 Å². The molecule has 0 unspecified atom stereocenters. The first-order valence-electron chi connectivity index (χ1n) is 7.88. The van der Waals surface area contributed by atoms with Crippen molar-refractivity contribution in [2.24, 2.45) is 0 Å². The molecule has 0 aliphatic rings. The second-order valence-electron chi connectivity index (χ2n) is 5.66. The molecule has 3 heterocycles. The summed E-state index contributed by atoms with van der Waals surface area (Å²) in [7, 11) is 0. The molecule has 0 saturated heterocycles. The van der Waals surface area contributed by atoms with E-state index in [4.69, 9.17) is 0 Å². The molecule has 4 rings (SSSR count). The average molecular weight is 345 g/mol. The molecule has 3 aromatic heterocycles. The van der Waals surface area contributed by atoms with Crippen molar-refractivity contribution >= 4 is 34.4 Å². The minimum Gasteiger partial charge on any atom is -0.268 e. The molecule has 25 heavy (non-hydrogen) atoms. The van der Waals surface area contributed by atoms with Crippen LogP contribution in [0.1, 0.15) is 17.1 Å². The van der Waals surface area contributed by atoms with Gasteiger partial charge in [-0.1, -0.05) is 24.3 Å². The Morgan fingerprint density at radius 3 is 2.68 bits per heavy atom. The molecule has 0 N–H and O–H groups in total. The van der Waals surface area contributed by atoms with E-state index < -0.39 is 0 Å². The number of para-hydroxylation sites is 1. The number of rotatable bonds is 3. The van der Waals surface area contributed by atoms with Gasteiger partial charge in [-0.2, -0.15) is 0 Å². The van der Waals surface area contributed by atoms with Gasteiger partial charge in [-0.05, 0) is 42.8 Å². The first-order valence-corrected chi connectivity index (χ1v) is 8.82. The molecule has 0 fully saturated rings. The summed E-state index contributed by atoms with van der Waals surface area (Å²) in [5.41, 5.74) is 3.35. The third kappa shape index (κ3) is 2.90. The highest BCUT2D eigenvalue weighted by Gasteiger charge is 2.13. The lowest BCUT2D eigenvalue weighted by molar-refractivity contribution is 0.936. The molecular weight excluding hydrogens is 330 g/mol. The first-order chi connectivity index (χ1) is 12.2. The van der Waals surface area contributed by atoms with Crippen molar-refractivity contribution in [2.75, 3.05) is 0 Å². The third-order valence-corrected chi connectivity index (χ3v) is 4.72. The van der Waals surface area contributed by atoms with Crippen LogP contribution >= 0.6 is 11.3 Å². The second kappa shape index (κ2) is 6.45. The molecule has 122 valence electrons. The van der Waals surface area contributed by atoms with E-state index in [9.17, 15) is 4.79 Å². The van der Waals surface area contributed by atoms with E-state index in [0.717, 1.165) is 22.5 Å². The van der Waals surface area contributed by atoms with Crippen LogP contribution in [-0.2, 0) is 0 Å². The molecule has 5 heteroatoms. The van der Waals surface area contributed by atoms with Crippen molar-refractivity contribution in [1.82, 2.24) is 14.5 Å². The van der Waals surface area contributed by atoms with E-state index in [-0.39, 0.29) is 5.56 Å². The number of nitrogens with zero attached hydrogens (tertiary/aromatic N) is 3. The zero-order valence-corrected chi connectivity index (χ0v) is 14.4. The molecule has 0 bridgehead atoms. The van der Waals surface area contributed by atoms with Gasteiger partial charge >= 0.3 is 0 Å². The van der Waals surface area contributed by atoms with E-state index >= 15 is 0 Å². The van der Waals surface area contributed by atoms with Crippen molar-refractivity contribution in [2.45, 2.75) is 6.92 Å². The Morgan fingerprint density at radius 2 is 1.88 bits per heavy atom. The van der Waals surface area contributed by atoms with E-state index in [2.05, 4.69) is 9.97 Å². The summed E-state index contributed by atoms with van der Waals surface area (Å²) in [5.74, 6) is 0.593. The van der Waals surface area contributed by atoms with Crippen LogP contribution in [-0.4, -0.2) is 14.5 Å². The number of aromatic nitrogens is 3. The van der Waals surface area contributed by atoms with Crippen LogP contribution < -0.4 is 5.56 Å². The van der Waals surface area contributed by atoms with Gasteiger partial charge in [0.2, 0.25) is 0 Å². The molecule has 0 aliphatic carbocycles. The molecule has 0 radical (unpaired) electrons. The molecular formula is C20H15N3OS. The third-order valence-electron chi connectivity index (χ3n) is 3.99. The zero-order chi connectivity index (χ0) is 17.2. The number of fused-ring (bicyclic) bond motifs is 1. The van der Waals surface area contributed by atoms with Crippen molar-refractivity contribution in [3.8, 4) is 5.69 Å². The van der Waals surface area contributed by atoms with Gasteiger partial charge in [0.05, 0.1) is 22.3 Å². The number of hydrogen-bond acceptors (Lipinski definition) is 4. The summed E-state index contributed by atoms with van der Waals surface area (Å²) in [6, 6.07) is 13.5. The molecule has 0 aliphatic heterocycles. The van der Waals surface area contributed by atoms with E-state index in [1.54, 1.807) is 10.8 Å². The van der Waals surface area contributed by atoms with Crippen LogP contribution in [0.2, 0.25) is 0 Å². The maximum Gasteiger partial charge on any atom is 0.267 e. The fraction of sp³-hybridized carbons (Fsp3) is 0.0500. The number of thiophene rings is 1. The first kappa shape index (κ1) is 15.5. The van der Waals surface area contributed by atoms with Crippen LogP contribution in [0.5, 0.6) is 0 Å². The SMILES string of the molecule is Cc1ccccc1-n1c(C=Cc2ccccn2)nc2cscc2c1=O. The minimum atomic E-state index is -0.0544. The quantitative estimate of drug-likeness (QED) is 0.555. The fourth-order valence-corrected chi connectivity index (χ4v) is 3.46. The lowest BCUT2D eigenvalue weighted by atomic mass is 10.2. The van der Waals surface area contributed by atoms with Gasteiger partial charge in [-0.15, -0.1) is 11.3 Å². The fourth-order valence-electron chi connectivity index (χ4n) is 2.73.